The van der Waals surface area contributed by atoms with Gasteiger partial charge in [-0.15, -0.1) is 0 Å². The molecule has 0 saturated carbocycles. The predicted octanol–water partition coefficient (Wildman–Crippen LogP) is 2.68. The summed E-state index contributed by atoms with van der Waals surface area (Å²) in [6, 6.07) is 7.38. The standard InChI is InChI=1S/C13H19N3O2S/c1-2-11-10-14-8-5-9-15(11)19-13-7-4-3-6-12(13)16(17)18/h3-4,6-7,11,14H,2,5,8-10H2,1H3. The minimum absolute atomic E-state index is 0.194. The van der Waals surface area contributed by atoms with Gasteiger partial charge in [-0.05, 0) is 37.4 Å². The molecule has 1 aromatic carbocycles. The van der Waals surface area contributed by atoms with Gasteiger partial charge >= 0.3 is 0 Å². The molecule has 1 fully saturated rings. The molecule has 5 nitrogen and oxygen atoms in total. The van der Waals surface area contributed by atoms with Gasteiger partial charge in [-0.1, -0.05) is 19.1 Å². The second-order valence-electron chi connectivity index (χ2n) is 4.58. The van der Waals surface area contributed by atoms with Crippen LogP contribution in [0.15, 0.2) is 29.2 Å². The highest BCUT2D eigenvalue weighted by Gasteiger charge is 2.23. The van der Waals surface area contributed by atoms with Crippen molar-refractivity contribution in [3.05, 3.63) is 34.4 Å². The van der Waals surface area contributed by atoms with Crippen LogP contribution >= 0.6 is 11.9 Å². The molecule has 0 aliphatic carbocycles. The first-order valence-corrected chi connectivity index (χ1v) is 7.38. The Labute approximate surface area is 117 Å². The zero-order valence-corrected chi connectivity index (χ0v) is 11.9. The number of benzene rings is 1. The number of nitro benzene ring substituents is 1. The lowest BCUT2D eigenvalue weighted by Gasteiger charge is -2.27. The van der Waals surface area contributed by atoms with Gasteiger partial charge in [0.05, 0.1) is 4.92 Å². The molecule has 0 amide bonds. The molecule has 0 bridgehead atoms. The van der Waals surface area contributed by atoms with E-state index in [1.165, 1.54) is 11.9 Å². The molecule has 1 aliphatic rings. The summed E-state index contributed by atoms with van der Waals surface area (Å²) in [5.74, 6) is 0. The monoisotopic (exact) mass is 281 g/mol. The molecule has 0 spiro atoms. The van der Waals surface area contributed by atoms with E-state index in [1.54, 1.807) is 12.1 Å². The molecule has 0 aromatic heterocycles. The van der Waals surface area contributed by atoms with Crippen LogP contribution in [0.1, 0.15) is 19.8 Å². The van der Waals surface area contributed by atoms with E-state index >= 15 is 0 Å². The summed E-state index contributed by atoms with van der Waals surface area (Å²) in [4.78, 5) is 11.5. The predicted molar refractivity (Wildman–Crippen MR) is 77.2 cm³/mol. The van der Waals surface area contributed by atoms with E-state index in [0.717, 1.165) is 37.4 Å². The molecule has 1 aliphatic heterocycles. The van der Waals surface area contributed by atoms with Crippen LogP contribution in [0.4, 0.5) is 5.69 Å². The SMILES string of the molecule is CCC1CNCCCN1Sc1ccccc1[N+](=O)[O-]. The Balaban J connectivity index is 2.16. The van der Waals surface area contributed by atoms with Gasteiger partial charge in [0.2, 0.25) is 0 Å². The number of rotatable bonds is 4. The van der Waals surface area contributed by atoms with Crippen LogP contribution in [0, 0.1) is 10.1 Å². The molecule has 6 heteroatoms. The van der Waals surface area contributed by atoms with Crippen molar-refractivity contribution in [1.29, 1.82) is 0 Å². The van der Waals surface area contributed by atoms with Crippen molar-refractivity contribution in [2.75, 3.05) is 19.6 Å². The Hall–Kier alpha value is -1.11. The lowest BCUT2D eigenvalue weighted by molar-refractivity contribution is -0.387. The molecule has 1 aromatic rings. The molecule has 1 N–H and O–H groups in total. The van der Waals surface area contributed by atoms with Gasteiger partial charge in [-0.25, -0.2) is 4.31 Å². The highest BCUT2D eigenvalue weighted by Crippen LogP contribution is 2.33. The summed E-state index contributed by atoms with van der Waals surface area (Å²) >= 11 is 1.52. The second kappa shape index (κ2) is 6.88. The van der Waals surface area contributed by atoms with E-state index in [2.05, 4.69) is 16.5 Å². The summed E-state index contributed by atoms with van der Waals surface area (Å²) in [7, 11) is 0. The summed E-state index contributed by atoms with van der Waals surface area (Å²) in [6.45, 7) is 5.08. The number of hydrogen-bond acceptors (Lipinski definition) is 5. The number of nitrogens with zero attached hydrogens (tertiary/aromatic N) is 2. The van der Waals surface area contributed by atoms with Gasteiger partial charge in [0, 0.05) is 25.2 Å². The maximum absolute atomic E-state index is 11.0. The van der Waals surface area contributed by atoms with Crippen molar-refractivity contribution >= 4 is 17.6 Å². The maximum atomic E-state index is 11.0. The topological polar surface area (TPSA) is 58.4 Å². The zero-order chi connectivity index (χ0) is 13.7. The van der Waals surface area contributed by atoms with Gasteiger partial charge < -0.3 is 5.32 Å². The summed E-state index contributed by atoms with van der Waals surface area (Å²) in [5.41, 5.74) is 0.194. The molecule has 104 valence electrons. The molecular formula is C13H19N3O2S. The molecule has 1 saturated heterocycles. The normalized spacial score (nSPS) is 21.0. The lowest BCUT2D eigenvalue weighted by Crippen LogP contribution is -2.34. The third-order valence-electron chi connectivity index (χ3n) is 3.27. The van der Waals surface area contributed by atoms with E-state index < -0.39 is 0 Å². The number of nitrogens with one attached hydrogen (secondary N) is 1. The average Bonchev–Trinajstić information content (AvgIpc) is 2.64. The van der Waals surface area contributed by atoms with Gasteiger partial charge in [0.25, 0.3) is 5.69 Å². The van der Waals surface area contributed by atoms with Gasteiger partial charge in [-0.3, -0.25) is 10.1 Å². The lowest BCUT2D eigenvalue weighted by atomic mass is 10.2. The van der Waals surface area contributed by atoms with Crippen molar-refractivity contribution in [3.8, 4) is 0 Å². The molecule has 1 heterocycles. The van der Waals surface area contributed by atoms with Crippen LogP contribution in [0.3, 0.4) is 0 Å². The first-order chi connectivity index (χ1) is 9.22. The number of para-hydroxylation sites is 1. The van der Waals surface area contributed by atoms with Crippen molar-refractivity contribution in [2.45, 2.75) is 30.7 Å². The van der Waals surface area contributed by atoms with Crippen LogP contribution in [0.2, 0.25) is 0 Å². The Morgan fingerprint density at radius 2 is 2.32 bits per heavy atom. The van der Waals surface area contributed by atoms with E-state index in [1.807, 2.05) is 12.1 Å². The highest BCUT2D eigenvalue weighted by molar-refractivity contribution is 7.97. The first-order valence-electron chi connectivity index (χ1n) is 6.61. The average molecular weight is 281 g/mol. The highest BCUT2D eigenvalue weighted by atomic mass is 32.2. The molecule has 0 radical (unpaired) electrons. The third kappa shape index (κ3) is 3.68. The smallest absolute Gasteiger partial charge is 0.284 e. The van der Waals surface area contributed by atoms with E-state index in [9.17, 15) is 10.1 Å². The van der Waals surface area contributed by atoms with Crippen molar-refractivity contribution in [2.24, 2.45) is 0 Å². The van der Waals surface area contributed by atoms with Gasteiger partial charge in [-0.2, -0.15) is 0 Å². The largest absolute Gasteiger partial charge is 0.315 e. The van der Waals surface area contributed by atoms with Crippen LogP contribution < -0.4 is 5.32 Å². The van der Waals surface area contributed by atoms with Crippen LogP contribution in [0.5, 0.6) is 0 Å². The van der Waals surface area contributed by atoms with E-state index in [-0.39, 0.29) is 10.6 Å². The first kappa shape index (κ1) is 14.3. The summed E-state index contributed by atoms with van der Waals surface area (Å²) in [6.07, 6.45) is 2.12. The van der Waals surface area contributed by atoms with E-state index in [0.29, 0.717) is 6.04 Å². The Kier molecular flexibility index (Phi) is 5.18. The fraction of sp³-hybridized carbons (Fsp3) is 0.538. The molecule has 1 atom stereocenters. The van der Waals surface area contributed by atoms with Crippen LogP contribution in [0.25, 0.3) is 0 Å². The van der Waals surface area contributed by atoms with Crippen LogP contribution in [-0.4, -0.2) is 34.9 Å². The quantitative estimate of drug-likeness (QED) is 0.522. The van der Waals surface area contributed by atoms with Crippen molar-refractivity contribution in [1.82, 2.24) is 9.62 Å². The Bertz CT molecular complexity index is 442. The Morgan fingerprint density at radius 1 is 1.53 bits per heavy atom. The minimum Gasteiger partial charge on any atom is -0.315 e. The number of hydrogen-bond donors (Lipinski definition) is 1. The number of nitro groups is 1. The van der Waals surface area contributed by atoms with Crippen molar-refractivity contribution in [3.63, 3.8) is 0 Å². The Morgan fingerprint density at radius 3 is 3.05 bits per heavy atom. The minimum atomic E-state index is -0.306. The maximum Gasteiger partial charge on any atom is 0.284 e. The zero-order valence-electron chi connectivity index (χ0n) is 11.0. The van der Waals surface area contributed by atoms with Crippen LogP contribution in [-0.2, 0) is 0 Å². The summed E-state index contributed by atoms with van der Waals surface area (Å²) in [5, 5.41) is 14.5. The third-order valence-corrected chi connectivity index (χ3v) is 4.53. The van der Waals surface area contributed by atoms with Gasteiger partial charge in [0.15, 0.2) is 0 Å². The molecule has 19 heavy (non-hydrogen) atoms. The van der Waals surface area contributed by atoms with E-state index in [4.69, 9.17) is 0 Å². The molecule has 2 rings (SSSR count). The van der Waals surface area contributed by atoms with Crippen molar-refractivity contribution < 1.29 is 4.92 Å². The molecular weight excluding hydrogens is 262 g/mol. The summed E-state index contributed by atoms with van der Waals surface area (Å²) < 4.78 is 2.28. The molecule has 1 unspecified atom stereocenters. The fourth-order valence-electron chi connectivity index (χ4n) is 2.19. The second-order valence-corrected chi connectivity index (χ2v) is 5.67. The van der Waals surface area contributed by atoms with Gasteiger partial charge in [0.1, 0.15) is 4.90 Å². The fourth-order valence-corrected chi connectivity index (χ4v) is 3.41.